The third kappa shape index (κ3) is 2.63. The Morgan fingerprint density at radius 1 is 0.958 bits per heavy atom. The Morgan fingerprint density at radius 3 is 2.62 bits per heavy atom. The molecule has 0 aliphatic rings. The molecule has 1 aromatic heterocycles. The molecule has 0 atom stereocenters. The Balaban J connectivity index is 1.53. The van der Waals surface area contributed by atoms with Gasteiger partial charge in [0, 0.05) is 0 Å². The van der Waals surface area contributed by atoms with Crippen LogP contribution in [0.3, 0.4) is 0 Å². The number of aromatic nitrogens is 2. The minimum absolute atomic E-state index is 0.429. The lowest BCUT2D eigenvalue weighted by molar-refractivity contribution is 0.111. The van der Waals surface area contributed by atoms with Crippen LogP contribution in [0.4, 0.5) is 0 Å². The summed E-state index contributed by atoms with van der Waals surface area (Å²) in [5, 5.41) is 2.34. The Morgan fingerprint density at radius 2 is 1.75 bits per heavy atom. The fraction of sp³-hybridized carbons (Fsp3) is 0.100. The van der Waals surface area contributed by atoms with E-state index < -0.39 is 0 Å². The van der Waals surface area contributed by atoms with Crippen LogP contribution < -0.4 is 4.74 Å². The standard InChI is InChI=1S/C20H16N2O2/c23-14-20-21-18-7-3-4-8-19(18)22(20)11-12-24-17-10-9-15-5-1-2-6-16(15)13-17/h1-10,13-14H,11-12H2. The molecule has 3 aromatic carbocycles. The normalized spacial score (nSPS) is 11.0. The molecule has 118 valence electrons. The van der Waals surface area contributed by atoms with Crippen LogP contribution in [0.5, 0.6) is 5.75 Å². The lowest BCUT2D eigenvalue weighted by atomic mass is 10.1. The van der Waals surface area contributed by atoms with Gasteiger partial charge in [-0.05, 0) is 35.0 Å². The van der Waals surface area contributed by atoms with E-state index in [1.165, 1.54) is 5.39 Å². The molecule has 4 aromatic rings. The number of carbonyl (C=O) groups excluding carboxylic acids is 1. The quantitative estimate of drug-likeness (QED) is 0.521. The largest absolute Gasteiger partial charge is 0.492 e. The molecule has 0 spiro atoms. The molecule has 0 saturated carbocycles. The van der Waals surface area contributed by atoms with E-state index in [-0.39, 0.29) is 0 Å². The monoisotopic (exact) mass is 316 g/mol. The Labute approximate surface area is 139 Å². The van der Waals surface area contributed by atoms with Gasteiger partial charge in [-0.15, -0.1) is 0 Å². The van der Waals surface area contributed by atoms with E-state index in [1.54, 1.807) is 0 Å². The van der Waals surface area contributed by atoms with Gasteiger partial charge >= 0.3 is 0 Å². The molecule has 4 rings (SSSR count). The molecule has 0 bridgehead atoms. The van der Waals surface area contributed by atoms with Crippen LogP contribution in [-0.2, 0) is 6.54 Å². The first-order valence-corrected chi connectivity index (χ1v) is 7.87. The van der Waals surface area contributed by atoms with Gasteiger partial charge in [-0.3, -0.25) is 4.79 Å². The van der Waals surface area contributed by atoms with Gasteiger partial charge in [0.25, 0.3) is 0 Å². The number of fused-ring (bicyclic) bond motifs is 2. The Hall–Kier alpha value is -3.14. The van der Waals surface area contributed by atoms with Crippen molar-refractivity contribution in [1.29, 1.82) is 0 Å². The highest BCUT2D eigenvalue weighted by Crippen LogP contribution is 2.21. The fourth-order valence-corrected chi connectivity index (χ4v) is 2.93. The van der Waals surface area contributed by atoms with Gasteiger partial charge in [0.1, 0.15) is 12.4 Å². The summed E-state index contributed by atoms with van der Waals surface area (Å²) in [4.78, 5) is 15.6. The van der Waals surface area contributed by atoms with E-state index in [1.807, 2.05) is 59.2 Å². The molecule has 1 heterocycles. The van der Waals surface area contributed by atoms with Gasteiger partial charge < -0.3 is 9.30 Å². The molecule has 4 heteroatoms. The van der Waals surface area contributed by atoms with E-state index in [2.05, 4.69) is 17.1 Å². The van der Waals surface area contributed by atoms with E-state index in [9.17, 15) is 4.79 Å². The van der Waals surface area contributed by atoms with Gasteiger partial charge in [-0.1, -0.05) is 42.5 Å². The molecule has 0 saturated heterocycles. The summed E-state index contributed by atoms with van der Waals surface area (Å²) >= 11 is 0. The van der Waals surface area contributed by atoms with E-state index in [4.69, 9.17) is 4.74 Å². The van der Waals surface area contributed by atoms with Gasteiger partial charge in [0.2, 0.25) is 0 Å². The van der Waals surface area contributed by atoms with Crippen LogP contribution in [0.2, 0.25) is 0 Å². The van der Waals surface area contributed by atoms with Crippen LogP contribution in [0.1, 0.15) is 10.6 Å². The molecule has 0 fully saturated rings. The number of rotatable bonds is 5. The molecule has 24 heavy (non-hydrogen) atoms. The van der Waals surface area contributed by atoms with Crippen molar-refractivity contribution in [1.82, 2.24) is 9.55 Å². The van der Waals surface area contributed by atoms with Gasteiger partial charge in [-0.25, -0.2) is 4.98 Å². The van der Waals surface area contributed by atoms with Gasteiger partial charge in [-0.2, -0.15) is 0 Å². The minimum Gasteiger partial charge on any atom is -0.492 e. The van der Waals surface area contributed by atoms with E-state index in [0.29, 0.717) is 19.0 Å². The predicted molar refractivity (Wildman–Crippen MR) is 94.6 cm³/mol. The van der Waals surface area contributed by atoms with Crippen molar-refractivity contribution >= 4 is 28.1 Å². The number of nitrogens with zero attached hydrogens (tertiary/aromatic N) is 2. The molecule has 0 aliphatic heterocycles. The SMILES string of the molecule is O=Cc1nc2ccccc2n1CCOc1ccc2ccccc2c1. The maximum absolute atomic E-state index is 11.3. The lowest BCUT2D eigenvalue weighted by Crippen LogP contribution is -2.10. The van der Waals surface area contributed by atoms with Crippen molar-refractivity contribution in [2.75, 3.05) is 6.61 Å². The molecule has 0 amide bonds. The van der Waals surface area contributed by atoms with Crippen LogP contribution in [-0.4, -0.2) is 22.4 Å². The van der Waals surface area contributed by atoms with Gasteiger partial charge in [0.05, 0.1) is 17.6 Å². The summed E-state index contributed by atoms with van der Waals surface area (Å²) in [5.41, 5.74) is 1.77. The van der Waals surface area contributed by atoms with Gasteiger partial charge in [0.15, 0.2) is 12.1 Å². The third-order valence-corrected chi connectivity index (χ3v) is 4.09. The summed E-state index contributed by atoms with van der Waals surface area (Å²) in [7, 11) is 0. The summed E-state index contributed by atoms with van der Waals surface area (Å²) in [6, 6.07) is 22.0. The first-order chi connectivity index (χ1) is 11.8. The smallest absolute Gasteiger partial charge is 0.185 e. The highest BCUT2D eigenvalue weighted by atomic mass is 16.5. The number of hydrogen-bond donors (Lipinski definition) is 0. The van der Waals surface area contributed by atoms with E-state index >= 15 is 0 Å². The third-order valence-electron chi connectivity index (χ3n) is 4.09. The van der Waals surface area contributed by atoms with Crippen LogP contribution >= 0.6 is 0 Å². The summed E-state index contributed by atoms with van der Waals surface area (Å²) in [6.07, 6.45) is 0.788. The van der Waals surface area contributed by atoms with E-state index in [0.717, 1.165) is 28.5 Å². The molecule has 0 aliphatic carbocycles. The average molecular weight is 316 g/mol. The molecule has 4 nitrogen and oxygen atoms in total. The zero-order valence-electron chi connectivity index (χ0n) is 13.1. The first kappa shape index (κ1) is 14.5. The second kappa shape index (κ2) is 6.16. The zero-order chi connectivity index (χ0) is 16.4. The summed E-state index contributed by atoms with van der Waals surface area (Å²) in [5.74, 6) is 1.25. The Kier molecular flexibility index (Phi) is 3.71. The highest BCUT2D eigenvalue weighted by molar-refractivity contribution is 5.84. The van der Waals surface area contributed by atoms with Crippen molar-refractivity contribution in [2.45, 2.75) is 6.54 Å². The van der Waals surface area contributed by atoms with Crippen LogP contribution in [0, 0.1) is 0 Å². The molecular formula is C20H16N2O2. The molecule has 0 radical (unpaired) electrons. The number of aldehydes is 1. The zero-order valence-corrected chi connectivity index (χ0v) is 13.1. The number of carbonyl (C=O) groups is 1. The fourth-order valence-electron chi connectivity index (χ4n) is 2.93. The van der Waals surface area contributed by atoms with Crippen molar-refractivity contribution in [3.05, 3.63) is 72.6 Å². The van der Waals surface area contributed by atoms with Crippen molar-refractivity contribution in [3.8, 4) is 5.75 Å². The summed E-state index contributed by atoms with van der Waals surface area (Å²) < 4.78 is 7.76. The number of para-hydroxylation sites is 2. The number of hydrogen-bond acceptors (Lipinski definition) is 3. The topological polar surface area (TPSA) is 44.1 Å². The average Bonchev–Trinajstić information content (AvgIpc) is 2.99. The first-order valence-electron chi connectivity index (χ1n) is 7.87. The van der Waals surface area contributed by atoms with Crippen molar-refractivity contribution in [2.24, 2.45) is 0 Å². The highest BCUT2D eigenvalue weighted by Gasteiger charge is 2.09. The van der Waals surface area contributed by atoms with Crippen LogP contribution in [0.15, 0.2) is 66.7 Å². The van der Waals surface area contributed by atoms with Crippen molar-refractivity contribution in [3.63, 3.8) is 0 Å². The van der Waals surface area contributed by atoms with Crippen LogP contribution in [0.25, 0.3) is 21.8 Å². The number of ether oxygens (including phenoxy) is 1. The molecule has 0 N–H and O–H groups in total. The molecular weight excluding hydrogens is 300 g/mol. The minimum atomic E-state index is 0.429. The maximum atomic E-state index is 11.3. The number of imidazole rings is 1. The second-order valence-electron chi connectivity index (χ2n) is 5.59. The Bertz CT molecular complexity index is 1020. The van der Waals surface area contributed by atoms with Crippen molar-refractivity contribution < 1.29 is 9.53 Å². The second-order valence-corrected chi connectivity index (χ2v) is 5.59. The maximum Gasteiger partial charge on any atom is 0.185 e. The summed E-state index contributed by atoms with van der Waals surface area (Å²) in [6.45, 7) is 1.04. The molecule has 0 unspecified atom stereocenters. The predicted octanol–water partition coefficient (Wildman–Crippen LogP) is 4.08. The number of benzene rings is 3. The lowest BCUT2D eigenvalue weighted by Gasteiger charge is -2.09.